The van der Waals surface area contributed by atoms with Crippen LogP contribution in [-0.4, -0.2) is 52.8 Å². The zero-order chi connectivity index (χ0) is 19.0. The van der Waals surface area contributed by atoms with Gasteiger partial charge in [-0.3, -0.25) is 9.59 Å². The number of likely N-dealkylation sites (tertiary alicyclic amines) is 2. The van der Waals surface area contributed by atoms with Crippen LogP contribution in [0.3, 0.4) is 0 Å². The summed E-state index contributed by atoms with van der Waals surface area (Å²) in [6, 6.07) is 4.88. The number of nitrogens with zero attached hydrogens (tertiary/aromatic N) is 2. The Morgan fingerprint density at radius 3 is 2.37 bits per heavy atom. The monoisotopic (exact) mass is 371 g/mol. The normalized spacial score (nSPS) is 19.6. The lowest BCUT2D eigenvalue weighted by atomic mass is 9.88. The summed E-state index contributed by atoms with van der Waals surface area (Å²) in [5, 5.41) is 1.08. The first kappa shape index (κ1) is 18.0. The summed E-state index contributed by atoms with van der Waals surface area (Å²) in [6.07, 6.45) is 5.40. The molecule has 2 amide bonds. The third-order valence-corrected chi connectivity index (χ3v) is 6.21. The zero-order valence-electron chi connectivity index (χ0n) is 15.7. The average Bonchev–Trinajstić information content (AvgIpc) is 3.10. The number of benzene rings is 1. The van der Waals surface area contributed by atoms with E-state index in [2.05, 4.69) is 4.98 Å². The highest BCUT2D eigenvalue weighted by Gasteiger charge is 2.32. The van der Waals surface area contributed by atoms with Gasteiger partial charge in [0, 0.05) is 56.1 Å². The number of carbonyl (C=O) groups is 2. The fourth-order valence-corrected chi connectivity index (χ4v) is 4.57. The molecule has 0 bridgehead atoms. The maximum absolute atomic E-state index is 13.4. The minimum Gasteiger partial charge on any atom is -0.361 e. The molecule has 0 unspecified atom stereocenters. The predicted molar refractivity (Wildman–Crippen MR) is 102 cm³/mol. The van der Waals surface area contributed by atoms with Crippen LogP contribution in [0.15, 0.2) is 24.4 Å². The number of aromatic amines is 1. The van der Waals surface area contributed by atoms with Gasteiger partial charge in [-0.2, -0.15) is 0 Å². The summed E-state index contributed by atoms with van der Waals surface area (Å²) in [4.78, 5) is 31.3. The third-order valence-electron chi connectivity index (χ3n) is 6.21. The quantitative estimate of drug-likeness (QED) is 0.881. The van der Waals surface area contributed by atoms with Gasteiger partial charge in [0.05, 0.1) is 0 Å². The van der Waals surface area contributed by atoms with Gasteiger partial charge >= 0.3 is 0 Å². The molecule has 6 heteroatoms. The molecule has 1 aromatic heterocycles. The minimum atomic E-state index is -0.230. The van der Waals surface area contributed by atoms with Crippen LogP contribution in [-0.2, 0) is 9.59 Å². The van der Waals surface area contributed by atoms with Gasteiger partial charge in [0.2, 0.25) is 11.8 Å². The number of piperidine rings is 2. The number of carbonyl (C=O) groups excluding carboxylic acids is 2. The van der Waals surface area contributed by atoms with Gasteiger partial charge in [-0.25, -0.2) is 4.39 Å². The molecule has 0 atom stereocenters. The van der Waals surface area contributed by atoms with Crippen molar-refractivity contribution in [2.24, 2.45) is 5.92 Å². The number of hydrogen-bond donors (Lipinski definition) is 1. The number of amides is 2. The van der Waals surface area contributed by atoms with Crippen molar-refractivity contribution in [3.05, 3.63) is 35.8 Å². The van der Waals surface area contributed by atoms with E-state index in [0.717, 1.165) is 49.7 Å². The topological polar surface area (TPSA) is 56.4 Å². The van der Waals surface area contributed by atoms with Gasteiger partial charge in [0.15, 0.2) is 0 Å². The SMILES string of the molecule is CC(=O)N1CCC(C(=O)N2CCC(c3c[nH]c4cc(F)ccc34)CC2)CC1. The first-order valence-corrected chi connectivity index (χ1v) is 9.84. The van der Waals surface area contributed by atoms with Crippen LogP contribution in [0, 0.1) is 11.7 Å². The Hall–Kier alpha value is -2.37. The van der Waals surface area contributed by atoms with E-state index >= 15 is 0 Å². The molecule has 2 saturated heterocycles. The second kappa shape index (κ2) is 7.33. The molecule has 5 nitrogen and oxygen atoms in total. The molecule has 2 fully saturated rings. The van der Waals surface area contributed by atoms with Crippen molar-refractivity contribution < 1.29 is 14.0 Å². The second-order valence-corrected chi connectivity index (χ2v) is 7.81. The summed E-state index contributed by atoms with van der Waals surface area (Å²) in [5.41, 5.74) is 2.06. The Morgan fingerprint density at radius 2 is 1.70 bits per heavy atom. The van der Waals surface area contributed by atoms with Crippen molar-refractivity contribution in [1.29, 1.82) is 0 Å². The summed E-state index contributed by atoms with van der Waals surface area (Å²) in [5.74, 6) is 0.561. The van der Waals surface area contributed by atoms with Crippen molar-refractivity contribution in [3.8, 4) is 0 Å². The van der Waals surface area contributed by atoms with Gasteiger partial charge in [0.25, 0.3) is 0 Å². The Bertz CT molecular complexity index is 846. The van der Waals surface area contributed by atoms with Crippen molar-refractivity contribution in [1.82, 2.24) is 14.8 Å². The average molecular weight is 371 g/mol. The molecule has 0 spiro atoms. The molecule has 1 N–H and O–H groups in total. The highest BCUT2D eigenvalue weighted by atomic mass is 19.1. The van der Waals surface area contributed by atoms with Crippen LogP contribution < -0.4 is 0 Å². The summed E-state index contributed by atoms with van der Waals surface area (Å²) in [6.45, 7) is 4.50. The molecule has 2 aromatic rings. The number of nitrogens with one attached hydrogen (secondary N) is 1. The number of rotatable bonds is 2. The molecule has 0 aliphatic carbocycles. The lowest BCUT2D eigenvalue weighted by Crippen LogP contribution is -2.46. The van der Waals surface area contributed by atoms with Gasteiger partial charge < -0.3 is 14.8 Å². The molecule has 0 radical (unpaired) electrons. The molecular weight excluding hydrogens is 345 g/mol. The highest BCUT2D eigenvalue weighted by molar-refractivity contribution is 5.84. The van der Waals surface area contributed by atoms with Gasteiger partial charge in [-0.05, 0) is 55.4 Å². The maximum atomic E-state index is 13.4. The van der Waals surface area contributed by atoms with Crippen LogP contribution in [0.2, 0.25) is 0 Å². The lowest BCUT2D eigenvalue weighted by Gasteiger charge is -2.37. The van der Waals surface area contributed by atoms with Crippen molar-refractivity contribution in [3.63, 3.8) is 0 Å². The number of halogens is 1. The molecule has 1 aromatic carbocycles. The van der Waals surface area contributed by atoms with E-state index in [1.165, 1.54) is 17.7 Å². The first-order valence-electron chi connectivity index (χ1n) is 9.84. The van der Waals surface area contributed by atoms with Crippen LogP contribution in [0.1, 0.15) is 44.1 Å². The van der Waals surface area contributed by atoms with E-state index < -0.39 is 0 Å². The second-order valence-electron chi connectivity index (χ2n) is 7.81. The first-order chi connectivity index (χ1) is 13.0. The molecule has 2 aliphatic rings. The Labute approximate surface area is 158 Å². The largest absolute Gasteiger partial charge is 0.361 e. The standard InChI is InChI=1S/C21H26FN3O2/c1-14(26)24-8-6-16(7-9-24)21(27)25-10-4-15(5-11-25)19-13-23-20-12-17(22)2-3-18(19)20/h2-3,12-13,15-16,23H,4-11H2,1H3. The van der Waals surface area contributed by atoms with Crippen LogP contribution in [0.25, 0.3) is 10.9 Å². The minimum absolute atomic E-state index is 0.0493. The van der Waals surface area contributed by atoms with E-state index in [1.807, 2.05) is 22.1 Å². The van der Waals surface area contributed by atoms with Crippen LogP contribution in [0.5, 0.6) is 0 Å². The predicted octanol–water partition coefficient (Wildman–Crippen LogP) is 3.27. The molecule has 3 heterocycles. The highest BCUT2D eigenvalue weighted by Crippen LogP contribution is 2.34. The molecular formula is C21H26FN3O2. The summed E-state index contributed by atoms with van der Waals surface area (Å²) in [7, 11) is 0. The van der Waals surface area contributed by atoms with E-state index in [9.17, 15) is 14.0 Å². The third kappa shape index (κ3) is 3.57. The Kier molecular flexibility index (Phi) is 4.89. The Balaban J connectivity index is 1.36. The number of fused-ring (bicyclic) bond motifs is 1. The fourth-order valence-electron chi connectivity index (χ4n) is 4.57. The molecule has 4 rings (SSSR count). The fraction of sp³-hybridized carbons (Fsp3) is 0.524. The van der Waals surface area contributed by atoms with E-state index in [1.54, 1.807) is 6.92 Å². The summed E-state index contributed by atoms with van der Waals surface area (Å²) >= 11 is 0. The van der Waals surface area contributed by atoms with E-state index in [0.29, 0.717) is 19.0 Å². The molecule has 27 heavy (non-hydrogen) atoms. The lowest BCUT2D eigenvalue weighted by molar-refractivity contribution is -0.140. The Morgan fingerprint density at radius 1 is 1.04 bits per heavy atom. The van der Waals surface area contributed by atoms with Crippen LogP contribution in [0.4, 0.5) is 4.39 Å². The van der Waals surface area contributed by atoms with Crippen molar-refractivity contribution in [2.45, 2.75) is 38.5 Å². The molecule has 144 valence electrons. The van der Waals surface area contributed by atoms with E-state index in [4.69, 9.17) is 0 Å². The molecule has 0 saturated carbocycles. The summed E-state index contributed by atoms with van der Waals surface area (Å²) < 4.78 is 13.4. The van der Waals surface area contributed by atoms with Crippen LogP contribution >= 0.6 is 0 Å². The van der Waals surface area contributed by atoms with E-state index in [-0.39, 0.29) is 23.5 Å². The maximum Gasteiger partial charge on any atom is 0.225 e. The number of aromatic nitrogens is 1. The number of H-pyrrole nitrogens is 1. The number of hydrogen-bond acceptors (Lipinski definition) is 2. The van der Waals surface area contributed by atoms with Crippen molar-refractivity contribution >= 4 is 22.7 Å². The van der Waals surface area contributed by atoms with Crippen molar-refractivity contribution in [2.75, 3.05) is 26.2 Å². The van der Waals surface area contributed by atoms with Gasteiger partial charge in [0.1, 0.15) is 5.82 Å². The molecule has 2 aliphatic heterocycles. The smallest absolute Gasteiger partial charge is 0.225 e. The van der Waals surface area contributed by atoms with Gasteiger partial charge in [-0.1, -0.05) is 0 Å². The zero-order valence-corrected chi connectivity index (χ0v) is 15.7. The van der Waals surface area contributed by atoms with Gasteiger partial charge in [-0.15, -0.1) is 0 Å².